The Kier molecular flexibility index (Phi) is 10.7. The van der Waals surface area contributed by atoms with E-state index < -0.39 is 41.4 Å². The fourth-order valence-electron chi connectivity index (χ4n) is 7.48. The average molecular weight is 599 g/mol. The van der Waals surface area contributed by atoms with E-state index in [2.05, 4.69) is 26.8 Å². The van der Waals surface area contributed by atoms with Crippen LogP contribution in [0.4, 0.5) is 0 Å². The molecule has 0 radical (unpaired) electrons. The number of carbonyl (C=O) groups is 1. The first-order valence-electron chi connectivity index (χ1n) is 16.2. The Hall–Kier alpha value is -2.03. The molecule has 0 aromatic heterocycles. The zero-order valence-electron chi connectivity index (χ0n) is 27.6. The number of hydrogen-bond acceptors (Lipinski definition) is 7. The highest BCUT2D eigenvalue weighted by atomic mass is 16.7. The van der Waals surface area contributed by atoms with Crippen molar-refractivity contribution in [2.75, 3.05) is 7.11 Å². The molecule has 4 rings (SSSR count). The van der Waals surface area contributed by atoms with Gasteiger partial charge in [-0.25, -0.2) is 0 Å². The SMILES string of the molecule is CCC(C)C1OC2(C=CC1C)CC1CC(C/C=C(\C)C(O)C(C)/C=C/C=C(\C)C3(O)C(C=C(C)C(OC)C3C)C(=O)O1)O2. The fourth-order valence-corrected chi connectivity index (χ4v) is 7.48. The molecule has 1 spiro atoms. The highest BCUT2D eigenvalue weighted by Gasteiger charge is 2.54. The van der Waals surface area contributed by atoms with Gasteiger partial charge in [-0.05, 0) is 55.9 Å². The molecule has 1 saturated heterocycles. The summed E-state index contributed by atoms with van der Waals surface area (Å²) in [6, 6.07) is 0. The second-order valence-electron chi connectivity index (χ2n) is 13.6. The van der Waals surface area contributed by atoms with Gasteiger partial charge >= 0.3 is 5.97 Å². The topological polar surface area (TPSA) is 94.5 Å². The van der Waals surface area contributed by atoms with Gasteiger partial charge < -0.3 is 29.2 Å². The van der Waals surface area contributed by atoms with Crippen LogP contribution in [0, 0.1) is 29.6 Å². The molecule has 1 fully saturated rings. The molecule has 0 saturated carbocycles. The van der Waals surface area contributed by atoms with Gasteiger partial charge in [0.2, 0.25) is 0 Å². The van der Waals surface area contributed by atoms with Crippen molar-refractivity contribution in [1.82, 2.24) is 0 Å². The normalized spacial score (nSPS) is 46.4. The van der Waals surface area contributed by atoms with E-state index in [-0.39, 0.29) is 30.1 Å². The minimum Gasteiger partial charge on any atom is -0.462 e. The molecule has 12 unspecified atom stereocenters. The maximum Gasteiger partial charge on any atom is 0.316 e. The first-order chi connectivity index (χ1) is 20.3. The van der Waals surface area contributed by atoms with Crippen molar-refractivity contribution >= 4 is 5.97 Å². The van der Waals surface area contributed by atoms with E-state index in [1.807, 2.05) is 71.1 Å². The standard InChI is InChI=1S/C36H54O7/c1-10-21(2)32-24(5)16-17-35(43-32)20-29-19-28(42-35)15-14-23(4)31(37)22(3)12-11-13-26(7)36(39)27(8)33(40-9)25(6)18-30(36)34(38)41-29/h11-14,16-18,21-22,24,27-33,37,39H,10,15,19-20H2,1-9H3/b12-11+,23-14+,26-13+. The van der Waals surface area contributed by atoms with Crippen LogP contribution in [0.1, 0.15) is 81.1 Å². The molecule has 43 heavy (non-hydrogen) atoms. The maximum absolute atomic E-state index is 14.1. The number of carbonyl (C=O) groups excluding carboxylic acids is 1. The fraction of sp³-hybridized carbons (Fsp3) is 0.694. The number of allylic oxidation sites excluding steroid dienone is 2. The summed E-state index contributed by atoms with van der Waals surface area (Å²) in [5, 5.41) is 23.5. The van der Waals surface area contributed by atoms with Gasteiger partial charge in [0.05, 0.1) is 24.4 Å². The van der Waals surface area contributed by atoms with E-state index in [4.69, 9.17) is 18.9 Å². The van der Waals surface area contributed by atoms with Crippen molar-refractivity contribution in [3.8, 4) is 0 Å². The Bertz CT molecular complexity index is 1170. The van der Waals surface area contributed by atoms with Gasteiger partial charge in [0.15, 0.2) is 5.79 Å². The maximum atomic E-state index is 14.1. The van der Waals surface area contributed by atoms with Gasteiger partial charge in [0, 0.05) is 37.7 Å². The van der Waals surface area contributed by atoms with Gasteiger partial charge in [-0.15, -0.1) is 0 Å². The van der Waals surface area contributed by atoms with Crippen LogP contribution < -0.4 is 0 Å². The van der Waals surface area contributed by atoms with Gasteiger partial charge in [-0.2, -0.15) is 0 Å². The molecule has 7 nitrogen and oxygen atoms in total. The minimum atomic E-state index is -1.53. The van der Waals surface area contributed by atoms with E-state index >= 15 is 0 Å². The Morgan fingerprint density at radius 2 is 1.79 bits per heavy atom. The average Bonchev–Trinajstić information content (AvgIpc) is 2.97. The molecule has 0 aromatic carbocycles. The van der Waals surface area contributed by atoms with Crippen molar-refractivity contribution < 1.29 is 34.0 Å². The van der Waals surface area contributed by atoms with Gasteiger partial charge in [-0.3, -0.25) is 4.79 Å². The predicted molar refractivity (Wildman–Crippen MR) is 168 cm³/mol. The number of fused-ring (bicyclic) bond motifs is 3. The van der Waals surface area contributed by atoms with Crippen LogP contribution in [-0.4, -0.2) is 65.2 Å². The second-order valence-corrected chi connectivity index (χ2v) is 13.6. The third-order valence-corrected chi connectivity index (χ3v) is 10.5. The summed E-state index contributed by atoms with van der Waals surface area (Å²) in [6.45, 7) is 16.1. The molecule has 0 aromatic rings. The highest BCUT2D eigenvalue weighted by Crippen LogP contribution is 2.46. The predicted octanol–water partition coefficient (Wildman–Crippen LogP) is 6.22. The molecule has 3 heterocycles. The monoisotopic (exact) mass is 598 g/mol. The minimum absolute atomic E-state index is 0.0247. The summed E-state index contributed by atoms with van der Waals surface area (Å²) in [7, 11) is 1.63. The van der Waals surface area contributed by atoms with Gasteiger partial charge in [0.25, 0.3) is 0 Å². The zero-order chi connectivity index (χ0) is 31.7. The van der Waals surface area contributed by atoms with E-state index in [0.717, 1.165) is 17.6 Å². The number of methoxy groups -OCH3 is 1. The first kappa shape index (κ1) is 33.9. The van der Waals surface area contributed by atoms with Crippen LogP contribution in [-0.2, 0) is 23.7 Å². The van der Waals surface area contributed by atoms with Crippen LogP contribution in [0.3, 0.4) is 0 Å². The Morgan fingerprint density at radius 1 is 1.07 bits per heavy atom. The summed E-state index contributed by atoms with van der Waals surface area (Å²) in [6.07, 6.45) is 14.2. The number of ether oxygens (including phenoxy) is 4. The molecule has 1 aliphatic carbocycles. The first-order valence-corrected chi connectivity index (χ1v) is 16.2. The summed E-state index contributed by atoms with van der Waals surface area (Å²) >= 11 is 0. The summed E-state index contributed by atoms with van der Waals surface area (Å²) < 4.78 is 25.5. The number of rotatable bonds is 3. The Morgan fingerprint density at radius 3 is 2.47 bits per heavy atom. The van der Waals surface area contributed by atoms with Crippen LogP contribution >= 0.6 is 0 Å². The number of aliphatic hydroxyl groups excluding tert-OH is 1. The van der Waals surface area contributed by atoms with Crippen molar-refractivity contribution in [3.63, 3.8) is 0 Å². The summed E-state index contributed by atoms with van der Waals surface area (Å²) in [5.74, 6) is -2.40. The molecule has 3 aliphatic heterocycles. The molecule has 240 valence electrons. The molecule has 4 aliphatic rings. The Balaban J connectivity index is 1.78. The third kappa shape index (κ3) is 6.81. The van der Waals surface area contributed by atoms with Gasteiger partial charge in [-0.1, -0.05) is 77.5 Å². The van der Waals surface area contributed by atoms with Crippen LogP contribution in [0.25, 0.3) is 0 Å². The molecule has 0 amide bonds. The molecule has 2 bridgehead atoms. The van der Waals surface area contributed by atoms with Crippen molar-refractivity contribution in [3.05, 3.63) is 59.3 Å². The van der Waals surface area contributed by atoms with Crippen molar-refractivity contribution in [2.24, 2.45) is 29.6 Å². The van der Waals surface area contributed by atoms with Crippen LogP contribution in [0.2, 0.25) is 0 Å². The van der Waals surface area contributed by atoms with Crippen LogP contribution in [0.5, 0.6) is 0 Å². The summed E-state index contributed by atoms with van der Waals surface area (Å²) in [5.41, 5.74) is 0.852. The zero-order valence-corrected chi connectivity index (χ0v) is 27.6. The lowest BCUT2D eigenvalue weighted by molar-refractivity contribution is -0.300. The molecule has 2 N–H and O–H groups in total. The van der Waals surface area contributed by atoms with E-state index in [0.29, 0.717) is 30.8 Å². The van der Waals surface area contributed by atoms with Gasteiger partial charge in [0.1, 0.15) is 17.6 Å². The molecule has 12 atom stereocenters. The van der Waals surface area contributed by atoms with Crippen LogP contribution in [0.15, 0.2) is 59.3 Å². The second kappa shape index (κ2) is 13.5. The Labute approximate surface area is 258 Å². The highest BCUT2D eigenvalue weighted by molar-refractivity contribution is 5.78. The van der Waals surface area contributed by atoms with Crippen molar-refractivity contribution in [2.45, 2.75) is 123 Å². The van der Waals surface area contributed by atoms with E-state index in [1.165, 1.54) is 0 Å². The molecular formula is C36H54O7. The number of aliphatic hydroxyl groups is 2. The van der Waals surface area contributed by atoms with E-state index in [1.54, 1.807) is 7.11 Å². The quantitative estimate of drug-likeness (QED) is 0.294. The lowest BCUT2D eigenvalue weighted by Gasteiger charge is -2.49. The third-order valence-electron chi connectivity index (χ3n) is 10.5. The number of hydrogen-bond donors (Lipinski definition) is 2. The lowest BCUT2D eigenvalue weighted by atomic mass is 9.65. The van der Waals surface area contributed by atoms with Crippen molar-refractivity contribution in [1.29, 1.82) is 0 Å². The smallest absolute Gasteiger partial charge is 0.316 e. The molecule has 7 heteroatoms. The number of esters is 1. The summed E-state index contributed by atoms with van der Waals surface area (Å²) in [4.78, 5) is 14.1. The molecular weight excluding hydrogens is 544 g/mol. The lowest BCUT2D eigenvalue weighted by Crippen LogP contribution is -2.57. The van der Waals surface area contributed by atoms with E-state index in [9.17, 15) is 15.0 Å². The largest absolute Gasteiger partial charge is 0.462 e.